The Morgan fingerprint density at radius 1 is 1.38 bits per heavy atom. The van der Waals surface area contributed by atoms with Crippen LogP contribution in [0.3, 0.4) is 0 Å². The largest absolute Gasteiger partial charge is 0.313 e. The number of hydrogen-bond acceptors (Lipinski definition) is 3. The van der Waals surface area contributed by atoms with E-state index in [2.05, 4.69) is 17.0 Å². The van der Waals surface area contributed by atoms with Crippen LogP contribution in [0.1, 0.15) is 32.3 Å². The summed E-state index contributed by atoms with van der Waals surface area (Å²) >= 11 is 0. The van der Waals surface area contributed by atoms with Crippen LogP contribution in [0.5, 0.6) is 0 Å². The van der Waals surface area contributed by atoms with Crippen LogP contribution in [0.4, 0.5) is 4.39 Å². The van der Waals surface area contributed by atoms with Crippen molar-refractivity contribution in [3.63, 3.8) is 0 Å². The molecule has 0 radical (unpaired) electrons. The third-order valence-corrected chi connectivity index (χ3v) is 5.38. The molecule has 2 rings (SSSR count). The summed E-state index contributed by atoms with van der Waals surface area (Å²) < 4.78 is 40.8. The number of nitrogens with one attached hydrogen (secondary N) is 2. The second-order valence-electron chi connectivity index (χ2n) is 5.75. The van der Waals surface area contributed by atoms with Crippen molar-refractivity contribution in [3.8, 4) is 0 Å². The average Bonchev–Trinajstić information content (AvgIpc) is 3.14. The van der Waals surface area contributed by atoms with Gasteiger partial charge in [0.25, 0.3) is 0 Å². The molecule has 1 aliphatic carbocycles. The molecule has 1 aliphatic rings. The van der Waals surface area contributed by atoms with Gasteiger partial charge >= 0.3 is 0 Å². The number of hydrogen-bond donors (Lipinski definition) is 2. The Hall–Kier alpha value is -0.980. The Bertz CT molecular complexity index is 589. The van der Waals surface area contributed by atoms with Crippen molar-refractivity contribution in [1.29, 1.82) is 0 Å². The Labute approximate surface area is 126 Å². The summed E-state index contributed by atoms with van der Waals surface area (Å²) in [6, 6.07) is 3.93. The third-order valence-electron chi connectivity index (χ3n) is 3.87. The van der Waals surface area contributed by atoms with E-state index in [-0.39, 0.29) is 4.90 Å². The lowest BCUT2D eigenvalue weighted by Gasteiger charge is -2.12. The van der Waals surface area contributed by atoms with Gasteiger partial charge in [0.15, 0.2) is 0 Å². The fourth-order valence-electron chi connectivity index (χ4n) is 2.30. The third kappa shape index (κ3) is 4.49. The first kappa shape index (κ1) is 16.4. The highest BCUT2D eigenvalue weighted by molar-refractivity contribution is 7.89. The van der Waals surface area contributed by atoms with Gasteiger partial charge in [-0.1, -0.05) is 19.9 Å². The Kier molecular flexibility index (Phi) is 5.35. The first-order valence-corrected chi connectivity index (χ1v) is 8.91. The minimum absolute atomic E-state index is 0.0411. The molecule has 1 aromatic rings. The number of halogens is 1. The van der Waals surface area contributed by atoms with Crippen LogP contribution in [0.2, 0.25) is 0 Å². The molecule has 118 valence electrons. The van der Waals surface area contributed by atoms with Crippen LogP contribution in [0.25, 0.3) is 0 Å². The van der Waals surface area contributed by atoms with Crippen molar-refractivity contribution >= 4 is 10.0 Å². The number of benzene rings is 1. The molecule has 1 saturated carbocycles. The van der Waals surface area contributed by atoms with Crippen molar-refractivity contribution in [1.82, 2.24) is 10.0 Å². The Balaban J connectivity index is 2.12. The molecule has 4 nitrogen and oxygen atoms in total. The van der Waals surface area contributed by atoms with E-state index in [0.717, 1.165) is 25.5 Å². The van der Waals surface area contributed by atoms with E-state index in [1.54, 1.807) is 0 Å². The minimum Gasteiger partial charge on any atom is -0.313 e. The lowest BCUT2D eigenvalue weighted by molar-refractivity contribution is 0.567. The smallest absolute Gasteiger partial charge is 0.241 e. The van der Waals surface area contributed by atoms with Gasteiger partial charge in [-0.3, -0.25) is 0 Å². The summed E-state index contributed by atoms with van der Waals surface area (Å²) in [7, 11) is -3.66. The van der Waals surface area contributed by atoms with Crippen molar-refractivity contribution < 1.29 is 12.8 Å². The van der Waals surface area contributed by atoms with Gasteiger partial charge in [-0.25, -0.2) is 17.5 Å². The highest BCUT2D eigenvalue weighted by atomic mass is 32.2. The fraction of sp³-hybridized carbons (Fsp3) is 0.600. The van der Waals surface area contributed by atoms with Crippen molar-refractivity contribution in [2.24, 2.45) is 11.8 Å². The molecule has 21 heavy (non-hydrogen) atoms. The van der Waals surface area contributed by atoms with Gasteiger partial charge in [-0.05, 0) is 48.9 Å². The fourth-order valence-corrected chi connectivity index (χ4v) is 3.64. The predicted octanol–water partition coefficient (Wildman–Crippen LogP) is 2.26. The number of rotatable bonds is 8. The van der Waals surface area contributed by atoms with Crippen LogP contribution in [-0.4, -0.2) is 21.5 Å². The average molecular weight is 314 g/mol. The maximum Gasteiger partial charge on any atom is 0.241 e. The summed E-state index contributed by atoms with van der Waals surface area (Å²) in [5.41, 5.74) is 0.598. The zero-order valence-corrected chi connectivity index (χ0v) is 13.3. The first-order valence-electron chi connectivity index (χ1n) is 7.43. The van der Waals surface area contributed by atoms with E-state index in [1.165, 1.54) is 12.1 Å². The van der Waals surface area contributed by atoms with Gasteiger partial charge in [-0.2, -0.15) is 0 Å². The molecular weight excluding hydrogens is 291 g/mol. The molecule has 0 heterocycles. The molecule has 2 atom stereocenters. The SMILES string of the molecule is CCCNCc1ccc(F)cc1S(=O)(=O)NCC1CC1C. The van der Waals surface area contributed by atoms with Crippen LogP contribution < -0.4 is 10.0 Å². The van der Waals surface area contributed by atoms with E-state index >= 15 is 0 Å². The van der Waals surface area contributed by atoms with Crippen LogP contribution in [0.15, 0.2) is 23.1 Å². The normalized spacial score (nSPS) is 21.5. The molecule has 6 heteroatoms. The lowest BCUT2D eigenvalue weighted by atomic mass is 10.2. The summed E-state index contributed by atoms with van der Waals surface area (Å²) in [4.78, 5) is 0.0411. The van der Waals surface area contributed by atoms with Crippen molar-refractivity contribution in [2.75, 3.05) is 13.1 Å². The maximum atomic E-state index is 13.4. The Morgan fingerprint density at radius 2 is 2.10 bits per heavy atom. The summed E-state index contributed by atoms with van der Waals surface area (Å²) in [6.07, 6.45) is 2.01. The van der Waals surface area contributed by atoms with Crippen molar-refractivity contribution in [2.45, 2.75) is 38.1 Å². The molecule has 0 saturated heterocycles. The first-order chi connectivity index (χ1) is 9.94. The van der Waals surface area contributed by atoms with Gasteiger partial charge in [-0.15, -0.1) is 0 Å². The second kappa shape index (κ2) is 6.85. The monoisotopic (exact) mass is 314 g/mol. The lowest BCUT2D eigenvalue weighted by Crippen LogP contribution is -2.28. The second-order valence-corrected chi connectivity index (χ2v) is 7.49. The zero-order valence-electron chi connectivity index (χ0n) is 12.5. The van der Waals surface area contributed by atoms with Gasteiger partial charge in [0, 0.05) is 13.1 Å². The van der Waals surface area contributed by atoms with E-state index in [4.69, 9.17) is 0 Å². The summed E-state index contributed by atoms with van der Waals surface area (Å²) in [6.45, 7) is 5.78. The highest BCUT2D eigenvalue weighted by Gasteiger charge is 2.33. The Morgan fingerprint density at radius 3 is 2.71 bits per heavy atom. The molecule has 0 aromatic heterocycles. The molecule has 1 fully saturated rings. The standard InChI is InChI=1S/C15H23FN2O2S/c1-3-6-17-9-12-4-5-14(16)8-15(12)21(19,20)18-10-13-7-11(13)2/h4-5,8,11,13,17-18H,3,6-7,9-10H2,1-2H3. The van der Waals surface area contributed by atoms with E-state index in [0.29, 0.717) is 30.5 Å². The van der Waals surface area contributed by atoms with Gasteiger partial charge in [0.05, 0.1) is 4.90 Å². The predicted molar refractivity (Wildman–Crippen MR) is 80.9 cm³/mol. The van der Waals surface area contributed by atoms with Gasteiger partial charge in [0.1, 0.15) is 5.82 Å². The number of sulfonamides is 1. The molecular formula is C15H23FN2O2S. The maximum absolute atomic E-state index is 13.4. The van der Waals surface area contributed by atoms with Crippen LogP contribution in [0, 0.1) is 17.7 Å². The molecule has 0 aliphatic heterocycles. The van der Waals surface area contributed by atoms with Crippen molar-refractivity contribution in [3.05, 3.63) is 29.6 Å². The quantitative estimate of drug-likeness (QED) is 0.724. The molecule has 1 aromatic carbocycles. The molecule has 2 unspecified atom stereocenters. The summed E-state index contributed by atoms with van der Waals surface area (Å²) in [5.74, 6) is 0.454. The molecule has 0 amide bonds. The van der Waals surface area contributed by atoms with E-state index < -0.39 is 15.8 Å². The van der Waals surface area contributed by atoms with Gasteiger partial charge in [0.2, 0.25) is 10.0 Å². The molecule has 0 bridgehead atoms. The van der Waals surface area contributed by atoms with E-state index in [9.17, 15) is 12.8 Å². The van der Waals surface area contributed by atoms with Crippen LogP contribution in [-0.2, 0) is 16.6 Å². The van der Waals surface area contributed by atoms with E-state index in [1.807, 2.05) is 6.92 Å². The zero-order chi connectivity index (χ0) is 15.5. The molecule has 2 N–H and O–H groups in total. The summed E-state index contributed by atoms with van der Waals surface area (Å²) in [5, 5.41) is 3.15. The van der Waals surface area contributed by atoms with Crippen LogP contribution >= 0.6 is 0 Å². The minimum atomic E-state index is -3.66. The highest BCUT2D eigenvalue weighted by Crippen LogP contribution is 2.37. The van der Waals surface area contributed by atoms with Gasteiger partial charge < -0.3 is 5.32 Å². The topological polar surface area (TPSA) is 58.2 Å². The molecule has 0 spiro atoms.